The zero-order valence-electron chi connectivity index (χ0n) is 8.98. The van der Waals surface area contributed by atoms with Crippen LogP contribution in [0.25, 0.3) is 0 Å². The molecule has 0 aliphatic heterocycles. The maximum absolute atomic E-state index is 11.6. The summed E-state index contributed by atoms with van der Waals surface area (Å²) in [5, 5.41) is 9.40. The Morgan fingerprint density at radius 3 is 2.81 bits per heavy atom. The predicted octanol–water partition coefficient (Wildman–Crippen LogP) is 0.801. The number of rotatable bonds is 4. The molecule has 1 heterocycles. The highest BCUT2D eigenvalue weighted by Crippen LogP contribution is 2.03. The molecule has 0 saturated heterocycles. The van der Waals surface area contributed by atoms with Crippen molar-refractivity contribution in [1.29, 1.82) is 0 Å². The van der Waals surface area contributed by atoms with Gasteiger partial charge in [-0.05, 0) is 20.3 Å². The first kappa shape index (κ1) is 11.9. The molecule has 0 saturated carbocycles. The molecule has 0 spiro atoms. The maximum Gasteiger partial charge on any atom is 0.265 e. The summed E-state index contributed by atoms with van der Waals surface area (Å²) in [6.07, 6.45) is 4.10. The number of nitrogens with one attached hydrogen (secondary N) is 2. The minimum absolute atomic E-state index is 0.156. The number of nitro groups is 1. The second-order valence-electron chi connectivity index (χ2n) is 3.12. The molecule has 0 unspecified atom stereocenters. The molecule has 7 nitrogen and oxygen atoms in total. The van der Waals surface area contributed by atoms with Gasteiger partial charge in [0.1, 0.15) is 0 Å². The van der Waals surface area contributed by atoms with E-state index in [1.807, 2.05) is 24.5 Å². The van der Waals surface area contributed by atoms with Crippen LogP contribution in [0.3, 0.4) is 0 Å². The summed E-state index contributed by atoms with van der Waals surface area (Å²) in [5.74, 6) is -0.156. The smallest absolute Gasteiger partial charge is 0.265 e. The summed E-state index contributed by atoms with van der Waals surface area (Å²) >= 11 is 0. The molecule has 0 aromatic carbocycles. The minimum atomic E-state index is -0.774. The first-order valence-electron chi connectivity index (χ1n) is 4.66. The van der Waals surface area contributed by atoms with E-state index in [4.69, 9.17) is 0 Å². The van der Waals surface area contributed by atoms with Gasteiger partial charge in [0.25, 0.3) is 11.5 Å². The van der Waals surface area contributed by atoms with Crippen molar-refractivity contribution in [3.8, 4) is 0 Å². The molecule has 0 aliphatic rings. The number of allylic oxidation sites excluding steroid dienone is 2. The van der Waals surface area contributed by atoms with Gasteiger partial charge >= 0.3 is 0 Å². The van der Waals surface area contributed by atoms with Gasteiger partial charge in [-0.15, -0.1) is 0 Å². The lowest BCUT2D eigenvalue weighted by atomic mass is 10.1. The average molecular weight is 224 g/mol. The third kappa shape index (κ3) is 2.91. The van der Waals surface area contributed by atoms with E-state index in [1.54, 1.807) is 6.92 Å². The second-order valence-corrected chi connectivity index (χ2v) is 3.12. The Bertz CT molecular complexity index is 478. The van der Waals surface area contributed by atoms with Crippen molar-refractivity contribution < 1.29 is 5.03 Å². The average Bonchev–Trinajstić information content (AvgIpc) is 2.15. The van der Waals surface area contributed by atoms with E-state index in [0.717, 1.165) is 0 Å². The molecule has 86 valence electrons. The summed E-state index contributed by atoms with van der Waals surface area (Å²) in [5.41, 5.74) is 2.43. The zero-order chi connectivity index (χ0) is 12.1. The van der Waals surface area contributed by atoms with Gasteiger partial charge in [0.2, 0.25) is 0 Å². The Labute approximate surface area is 91.3 Å². The summed E-state index contributed by atoms with van der Waals surface area (Å²) in [6, 6.07) is 0. The third-order valence-electron chi connectivity index (χ3n) is 1.98. The Morgan fingerprint density at radius 2 is 2.31 bits per heavy atom. The first-order valence-corrected chi connectivity index (χ1v) is 4.66. The van der Waals surface area contributed by atoms with Crippen LogP contribution in [0.2, 0.25) is 0 Å². The van der Waals surface area contributed by atoms with Crippen LogP contribution in [-0.4, -0.2) is 15.0 Å². The Hall–Kier alpha value is -2.18. The second kappa shape index (κ2) is 5.06. The SMILES string of the molecule is CC=CCc1c(C)nc(N[N+](=O)[O-])[nH]c1=O. The normalized spacial score (nSPS) is 10.6. The van der Waals surface area contributed by atoms with Gasteiger partial charge in [-0.3, -0.25) is 9.78 Å². The molecule has 16 heavy (non-hydrogen) atoms. The van der Waals surface area contributed by atoms with E-state index in [2.05, 4.69) is 9.97 Å². The van der Waals surface area contributed by atoms with E-state index in [1.165, 1.54) is 0 Å². The van der Waals surface area contributed by atoms with Crippen LogP contribution >= 0.6 is 0 Å². The minimum Gasteiger partial charge on any atom is -0.288 e. The van der Waals surface area contributed by atoms with Crippen LogP contribution in [0, 0.1) is 17.0 Å². The van der Waals surface area contributed by atoms with Gasteiger partial charge in [-0.1, -0.05) is 17.6 Å². The van der Waals surface area contributed by atoms with Gasteiger partial charge in [0.15, 0.2) is 5.03 Å². The van der Waals surface area contributed by atoms with E-state index in [9.17, 15) is 14.9 Å². The molecule has 2 N–H and O–H groups in total. The van der Waals surface area contributed by atoms with Gasteiger partial charge in [0, 0.05) is 5.56 Å². The van der Waals surface area contributed by atoms with Crippen molar-refractivity contribution in [3.63, 3.8) is 0 Å². The summed E-state index contributed by atoms with van der Waals surface area (Å²) in [6.45, 7) is 3.48. The van der Waals surface area contributed by atoms with Gasteiger partial charge in [0.05, 0.1) is 5.69 Å². The van der Waals surface area contributed by atoms with Crippen molar-refractivity contribution in [2.24, 2.45) is 0 Å². The number of hydrogen-bond donors (Lipinski definition) is 2. The molecule has 0 fully saturated rings. The molecule has 0 atom stereocenters. The first-order chi connectivity index (χ1) is 7.54. The van der Waals surface area contributed by atoms with Crippen LogP contribution in [0.15, 0.2) is 16.9 Å². The molecule has 1 rings (SSSR count). The van der Waals surface area contributed by atoms with Crippen molar-refractivity contribution in [1.82, 2.24) is 9.97 Å². The molecular formula is C9H12N4O3. The van der Waals surface area contributed by atoms with Crippen LogP contribution in [0.1, 0.15) is 18.2 Å². The summed E-state index contributed by atoms with van der Waals surface area (Å²) < 4.78 is 0. The molecule has 1 aromatic heterocycles. The molecule has 0 radical (unpaired) electrons. The fourth-order valence-corrected chi connectivity index (χ4v) is 1.23. The third-order valence-corrected chi connectivity index (χ3v) is 1.98. The summed E-state index contributed by atoms with van der Waals surface area (Å²) in [4.78, 5) is 27.9. The predicted molar refractivity (Wildman–Crippen MR) is 58.7 cm³/mol. The number of anilines is 1. The topological polar surface area (TPSA) is 101 Å². The number of aromatic nitrogens is 2. The quantitative estimate of drug-likeness (QED) is 0.447. The monoisotopic (exact) mass is 224 g/mol. The van der Waals surface area contributed by atoms with E-state index < -0.39 is 5.03 Å². The highest BCUT2D eigenvalue weighted by atomic mass is 16.7. The van der Waals surface area contributed by atoms with Gasteiger partial charge in [-0.25, -0.2) is 15.1 Å². The van der Waals surface area contributed by atoms with E-state index >= 15 is 0 Å². The van der Waals surface area contributed by atoms with Gasteiger partial charge in [-0.2, -0.15) is 0 Å². The van der Waals surface area contributed by atoms with Crippen LogP contribution in [-0.2, 0) is 6.42 Å². The molecule has 0 aliphatic carbocycles. The molecular weight excluding hydrogens is 212 g/mol. The number of aromatic amines is 1. The maximum atomic E-state index is 11.6. The molecule has 7 heteroatoms. The number of H-pyrrole nitrogens is 1. The highest BCUT2D eigenvalue weighted by Gasteiger charge is 2.09. The van der Waals surface area contributed by atoms with Gasteiger partial charge < -0.3 is 0 Å². The number of aryl methyl sites for hydroxylation is 1. The summed E-state index contributed by atoms with van der Waals surface area (Å²) in [7, 11) is 0. The van der Waals surface area contributed by atoms with Crippen molar-refractivity contribution in [2.75, 3.05) is 5.43 Å². The zero-order valence-corrected chi connectivity index (χ0v) is 8.98. The van der Waals surface area contributed by atoms with Crippen molar-refractivity contribution in [2.45, 2.75) is 20.3 Å². The van der Waals surface area contributed by atoms with Crippen LogP contribution < -0.4 is 11.0 Å². The highest BCUT2D eigenvalue weighted by molar-refractivity contribution is 5.28. The lowest BCUT2D eigenvalue weighted by molar-refractivity contribution is -0.446. The Morgan fingerprint density at radius 1 is 1.62 bits per heavy atom. The Kier molecular flexibility index (Phi) is 3.76. The molecule has 0 amide bonds. The fraction of sp³-hybridized carbons (Fsp3) is 0.333. The number of hydrazine groups is 1. The standard InChI is InChI=1S/C9H12N4O3/c1-3-4-5-7-6(2)10-9(11-8(7)14)12-13(15)16/h3-4H,5H2,1-2H3,(H2,10,11,12,14). The van der Waals surface area contributed by atoms with Crippen LogP contribution in [0.4, 0.5) is 5.95 Å². The van der Waals surface area contributed by atoms with Crippen molar-refractivity contribution >= 4 is 5.95 Å². The number of nitrogens with zero attached hydrogens (tertiary/aromatic N) is 2. The lowest BCUT2D eigenvalue weighted by Gasteiger charge is -2.02. The largest absolute Gasteiger partial charge is 0.288 e. The van der Waals surface area contributed by atoms with E-state index in [0.29, 0.717) is 17.7 Å². The number of hydrogen-bond acceptors (Lipinski definition) is 4. The fourth-order valence-electron chi connectivity index (χ4n) is 1.23. The Balaban J connectivity index is 3.07. The lowest BCUT2D eigenvalue weighted by Crippen LogP contribution is -2.21. The molecule has 0 bridgehead atoms. The molecule has 1 aromatic rings. The van der Waals surface area contributed by atoms with Crippen LogP contribution in [0.5, 0.6) is 0 Å². The van der Waals surface area contributed by atoms with E-state index in [-0.39, 0.29) is 11.5 Å². The van der Waals surface area contributed by atoms with Crippen molar-refractivity contribution in [3.05, 3.63) is 43.9 Å².